The first-order chi connectivity index (χ1) is 6.08. The van der Waals surface area contributed by atoms with Crippen molar-refractivity contribution in [1.82, 2.24) is 5.32 Å². The molecule has 0 saturated carbocycles. The van der Waals surface area contributed by atoms with Gasteiger partial charge in [-0.25, -0.2) is 0 Å². The lowest BCUT2D eigenvalue weighted by atomic mass is 10.2. The van der Waals surface area contributed by atoms with Gasteiger partial charge in [-0.05, 0) is 25.1 Å². The molecule has 0 bridgehead atoms. The van der Waals surface area contributed by atoms with Gasteiger partial charge in [-0.3, -0.25) is 0 Å². The third-order valence-corrected chi connectivity index (χ3v) is 3.16. The highest BCUT2D eigenvalue weighted by Gasteiger charge is 2.26. The fourth-order valence-electron chi connectivity index (χ4n) is 1.29. The minimum Gasteiger partial charge on any atom is -0.313 e. The van der Waals surface area contributed by atoms with Crippen molar-refractivity contribution in [2.45, 2.75) is 31.5 Å². The Kier molecular flexibility index (Phi) is 4.38. The van der Waals surface area contributed by atoms with Crippen LogP contribution in [0.4, 0.5) is 13.2 Å². The van der Waals surface area contributed by atoms with Gasteiger partial charge in [-0.2, -0.15) is 24.9 Å². The Morgan fingerprint density at radius 2 is 2.15 bits per heavy atom. The zero-order chi connectivity index (χ0) is 9.73. The highest BCUT2D eigenvalue weighted by Crippen LogP contribution is 2.21. The number of nitrogens with one attached hydrogen (secondary N) is 1. The molecule has 0 aromatic heterocycles. The lowest BCUT2D eigenvalue weighted by Crippen LogP contribution is -2.30. The SMILES string of the molecule is FC(F)(F)CCCNC1CCSC1. The summed E-state index contributed by atoms with van der Waals surface area (Å²) in [6.45, 7) is 0.491. The minimum absolute atomic E-state index is 0.199. The van der Waals surface area contributed by atoms with E-state index in [4.69, 9.17) is 0 Å². The van der Waals surface area contributed by atoms with E-state index >= 15 is 0 Å². The van der Waals surface area contributed by atoms with Crippen LogP contribution in [-0.2, 0) is 0 Å². The number of halogens is 3. The predicted octanol–water partition coefficient (Wildman–Crippen LogP) is 2.42. The first-order valence-electron chi connectivity index (χ1n) is 4.46. The van der Waals surface area contributed by atoms with E-state index in [-0.39, 0.29) is 6.42 Å². The lowest BCUT2D eigenvalue weighted by molar-refractivity contribution is -0.135. The van der Waals surface area contributed by atoms with Crippen molar-refractivity contribution >= 4 is 11.8 Å². The topological polar surface area (TPSA) is 12.0 Å². The number of rotatable bonds is 4. The van der Waals surface area contributed by atoms with E-state index in [0.29, 0.717) is 12.6 Å². The van der Waals surface area contributed by atoms with Crippen molar-refractivity contribution in [2.75, 3.05) is 18.1 Å². The van der Waals surface area contributed by atoms with E-state index in [1.807, 2.05) is 11.8 Å². The lowest BCUT2D eigenvalue weighted by Gasteiger charge is -2.11. The number of hydrogen-bond donors (Lipinski definition) is 1. The number of hydrogen-bond acceptors (Lipinski definition) is 2. The first kappa shape index (κ1) is 11.2. The summed E-state index contributed by atoms with van der Waals surface area (Å²) in [5, 5.41) is 3.13. The second-order valence-electron chi connectivity index (χ2n) is 3.23. The molecule has 1 unspecified atom stereocenters. The van der Waals surface area contributed by atoms with Crippen molar-refractivity contribution in [3.63, 3.8) is 0 Å². The molecule has 13 heavy (non-hydrogen) atoms. The fourth-order valence-corrected chi connectivity index (χ4v) is 2.48. The molecule has 1 nitrogen and oxygen atoms in total. The van der Waals surface area contributed by atoms with Crippen molar-refractivity contribution in [3.05, 3.63) is 0 Å². The molecule has 0 spiro atoms. The summed E-state index contributed by atoms with van der Waals surface area (Å²) >= 11 is 1.86. The molecule has 5 heteroatoms. The minimum atomic E-state index is -3.99. The van der Waals surface area contributed by atoms with Gasteiger partial charge in [0.15, 0.2) is 0 Å². The average molecular weight is 213 g/mol. The van der Waals surface area contributed by atoms with Gasteiger partial charge in [0.05, 0.1) is 0 Å². The van der Waals surface area contributed by atoms with Crippen LogP contribution in [0.1, 0.15) is 19.3 Å². The number of alkyl halides is 3. The summed E-state index contributed by atoms with van der Waals surface area (Å²) in [6, 6.07) is 0.443. The zero-order valence-corrected chi connectivity index (χ0v) is 8.18. The van der Waals surface area contributed by atoms with Crippen LogP contribution in [0.25, 0.3) is 0 Å². The second kappa shape index (κ2) is 5.10. The third-order valence-electron chi connectivity index (χ3n) is 2.00. The molecule has 1 heterocycles. The summed E-state index contributed by atoms with van der Waals surface area (Å²) < 4.78 is 35.2. The van der Waals surface area contributed by atoms with Crippen LogP contribution in [-0.4, -0.2) is 30.3 Å². The van der Waals surface area contributed by atoms with Crippen molar-refractivity contribution in [3.8, 4) is 0 Å². The Balaban J connectivity index is 1.94. The molecular weight excluding hydrogens is 199 g/mol. The van der Waals surface area contributed by atoms with E-state index in [0.717, 1.165) is 17.9 Å². The Hall–Kier alpha value is 0.100. The van der Waals surface area contributed by atoms with E-state index in [2.05, 4.69) is 5.32 Å². The molecule has 1 N–H and O–H groups in total. The third kappa shape index (κ3) is 5.41. The van der Waals surface area contributed by atoms with E-state index < -0.39 is 12.6 Å². The molecule has 0 aromatic carbocycles. The average Bonchev–Trinajstić information content (AvgIpc) is 2.48. The quantitative estimate of drug-likeness (QED) is 0.720. The monoisotopic (exact) mass is 213 g/mol. The van der Waals surface area contributed by atoms with E-state index in [9.17, 15) is 13.2 Å². The number of thioether (sulfide) groups is 1. The Morgan fingerprint density at radius 1 is 1.38 bits per heavy atom. The van der Waals surface area contributed by atoms with Gasteiger partial charge in [0.2, 0.25) is 0 Å². The van der Waals surface area contributed by atoms with Gasteiger partial charge < -0.3 is 5.32 Å². The fraction of sp³-hybridized carbons (Fsp3) is 1.00. The summed E-state index contributed by atoms with van der Waals surface area (Å²) in [4.78, 5) is 0. The standard InChI is InChI=1S/C8H14F3NS/c9-8(10,11)3-1-4-12-7-2-5-13-6-7/h7,12H,1-6H2. The Bertz CT molecular complexity index is 143. The molecular formula is C8H14F3NS. The van der Waals surface area contributed by atoms with Crippen molar-refractivity contribution < 1.29 is 13.2 Å². The molecule has 1 saturated heterocycles. The molecule has 0 radical (unpaired) electrons. The molecule has 0 aromatic rings. The van der Waals surface area contributed by atoms with Crippen LogP contribution in [0, 0.1) is 0 Å². The summed E-state index contributed by atoms with van der Waals surface area (Å²) in [5.41, 5.74) is 0. The van der Waals surface area contributed by atoms with E-state index in [1.165, 1.54) is 0 Å². The molecule has 78 valence electrons. The Labute approximate surface area is 80.5 Å². The van der Waals surface area contributed by atoms with Crippen LogP contribution < -0.4 is 5.32 Å². The highest BCUT2D eigenvalue weighted by molar-refractivity contribution is 7.99. The second-order valence-corrected chi connectivity index (χ2v) is 4.38. The smallest absolute Gasteiger partial charge is 0.313 e. The predicted molar refractivity (Wildman–Crippen MR) is 49.0 cm³/mol. The van der Waals surface area contributed by atoms with Gasteiger partial charge in [0, 0.05) is 18.2 Å². The summed E-state index contributed by atoms with van der Waals surface area (Å²) in [5.74, 6) is 2.18. The molecule has 1 aliphatic rings. The van der Waals surface area contributed by atoms with Crippen LogP contribution in [0.5, 0.6) is 0 Å². The van der Waals surface area contributed by atoms with Crippen LogP contribution in [0.3, 0.4) is 0 Å². The molecule has 1 fully saturated rings. The van der Waals surface area contributed by atoms with Crippen LogP contribution in [0.2, 0.25) is 0 Å². The molecule has 1 atom stereocenters. The normalized spacial score (nSPS) is 23.8. The van der Waals surface area contributed by atoms with Crippen LogP contribution in [0.15, 0.2) is 0 Å². The largest absolute Gasteiger partial charge is 0.389 e. The van der Waals surface area contributed by atoms with Gasteiger partial charge in [-0.1, -0.05) is 0 Å². The van der Waals surface area contributed by atoms with Gasteiger partial charge >= 0.3 is 6.18 Å². The maximum absolute atomic E-state index is 11.7. The Morgan fingerprint density at radius 3 is 2.69 bits per heavy atom. The maximum atomic E-state index is 11.7. The van der Waals surface area contributed by atoms with Gasteiger partial charge in [0.25, 0.3) is 0 Å². The first-order valence-corrected chi connectivity index (χ1v) is 5.61. The van der Waals surface area contributed by atoms with Gasteiger partial charge in [-0.15, -0.1) is 0 Å². The van der Waals surface area contributed by atoms with Gasteiger partial charge in [0.1, 0.15) is 0 Å². The summed E-state index contributed by atoms with van der Waals surface area (Å²) in [6.07, 6.45) is -3.37. The van der Waals surface area contributed by atoms with Crippen molar-refractivity contribution in [1.29, 1.82) is 0 Å². The molecule has 0 aliphatic carbocycles. The van der Waals surface area contributed by atoms with E-state index in [1.54, 1.807) is 0 Å². The van der Waals surface area contributed by atoms with Crippen LogP contribution >= 0.6 is 11.8 Å². The molecule has 1 aliphatic heterocycles. The van der Waals surface area contributed by atoms with Crippen molar-refractivity contribution in [2.24, 2.45) is 0 Å². The molecule has 0 amide bonds. The maximum Gasteiger partial charge on any atom is 0.389 e. The highest BCUT2D eigenvalue weighted by atomic mass is 32.2. The molecule has 1 rings (SSSR count). The zero-order valence-electron chi connectivity index (χ0n) is 7.36. The summed E-state index contributed by atoms with van der Waals surface area (Å²) in [7, 11) is 0.